The number of piperidine rings is 1. The Kier molecular flexibility index (Phi) is 6.80. The minimum Gasteiger partial charge on any atom is -0.344 e. The molecule has 1 aromatic heterocycles. The Hall–Kier alpha value is -1.40. The fraction of sp³-hybridized carbons (Fsp3) is 0.778. The van der Waals surface area contributed by atoms with Gasteiger partial charge in [0.25, 0.3) is 0 Å². The molecule has 0 aliphatic carbocycles. The molecule has 1 aromatic rings. The van der Waals surface area contributed by atoms with Crippen molar-refractivity contribution in [3.05, 3.63) is 18.2 Å². The Morgan fingerprint density at radius 3 is 2.62 bits per heavy atom. The molecule has 6 heteroatoms. The van der Waals surface area contributed by atoms with E-state index in [0.717, 1.165) is 32.6 Å². The van der Waals surface area contributed by atoms with Gasteiger partial charge in [-0.25, -0.2) is 4.98 Å². The molecule has 2 rings (SSSR count). The first-order chi connectivity index (χ1) is 11.5. The van der Waals surface area contributed by atoms with Gasteiger partial charge < -0.3 is 9.47 Å². The summed E-state index contributed by atoms with van der Waals surface area (Å²) in [6.07, 6.45) is 6.18. The average molecular weight is 335 g/mol. The molecule has 0 aromatic carbocycles. The lowest BCUT2D eigenvalue weighted by Crippen LogP contribution is -2.45. The van der Waals surface area contributed by atoms with Gasteiger partial charge in [-0.15, -0.1) is 0 Å². The fourth-order valence-electron chi connectivity index (χ4n) is 3.78. The Balaban J connectivity index is 2.05. The van der Waals surface area contributed by atoms with E-state index < -0.39 is 0 Å². The number of aromatic nitrogens is 2. The van der Waals surface area contributed by atoms with E-state index in [1.165, 1.54) is 12.1 Å². The van der Waals surface area contributed by atoms with E-state index in [2.05, 4.69) is 47.3 Å². The van der Waals surface area contributed by atoms with E-state index in [0.29, 0.717) is 18.5 Å². The molecule has 1 amide bonds. The third-order valence-electron chi connectivity index (χ3n) is 5.35. The van der Waals surface area contributed by atoms with Crippen LogP contribution in [0.3, 0.4) is 0 Å². The fourth-order valence-corrected chi connectivity index (χ4v) is 3.78. The van der Waals surface area contributed by atoms with E-state index in [9.17, 15) is 4.79 Å². The molecule has 2 heterocycles. The van der Waals surface area contributed by atoms with Crippen LogP contribution < -0.4 is 0 Å². The van der Waals surface area contributed by atoms with E-state index in [-0.39, 0.29) is 5.91 Å². The van der Waals surface area contributed by atoms with Gasteiger partial charge >= 0.3 is 0 Å². The van der Waals surface area contributed by atoms with Gasteiger partial charge in [-0.3, -0.25) is 14.6 Å². The standard InChI is InChI=1S/C18H33N5O/c1-6-23(7-2)13-17(24)21(4)12-15-9-8-10-20(3)18(15)16-11-19-14-22(16)5/h11,14-15,18H,6-10,12-13H2,1-5H3/t15-,18+/m0/s1. The lowest BCUT2D eigenvalue weighted by molar-refractivity contribution is -0.132. The molecule has 1 aliphatic heterocycles. The number of amides is 1. The zero-order valence-corrected chi connectivity index (χ0v) is 15.9. The second kappa shape index (κ2) is 8.62. The topological polar surface area (TPSA) is 44.6 Å². The van der Waals surface area contributed by atoms with Crippen molar-refractivity contribution in [1.29, 1.82) is 0 Å². The van der Waals surface area contributed by atoms with E-state index in [4.69, 9.17) is 0 Å². The van der Waals surface area contributed by atoms with Crippen molar-refractivity contribution >= 4 is 5.91 Å². The summed E-state index contributed by atoms with van der Waals surface area (Å²) in [4.78, 5) is 23.3. The van der Waals surface area contributed by atoms with Crippen LogP contribution in [-0.2, 0) is 11.8 Å². The van der Waals surface area contributed by atoms with Crippen LogP contribution in [0.4, 0.5) is 0 Å². The number of hydrogen-bond donors (Lipinski definition) is 0. The van der Waals surface area contributed by atoms with Crippen molar-refractivity contribution in [3.8, 4) is 0 Å². The summed E-state index contributed by atoms with van der Waals surface area (Å²) in [7, 11) is 6.18. The Bertz CT molecular complexity index is 525. The van der Waals surface area contributed by atoms with Gasteiger partial charge in [0.05, 0.1) is 24.6 Å². The van der Waals surface area contributed by atoms with Gasteiger partial charge in [-0.05, 0) is 45.4 Å². The van der Waals surface area contributed by atoms with Crippen LogP contribution in [-0.4, -0.2) is 77.0 Å². The summed E-state index contributed by atoms with van der Waals surface area (Å²) in [6, 6.07) is 0.329. The molecule has 6 nitrogen and oxygen atoms in total. The number of aryl methyl sites for hydroxylation is 1. The molecule has 1 fully saturated rings. The summed E-state index contributed by atoms with van der Waals surface area (Å²) in [5.41, 5.74) is 1.24. The largest absolute Gasteiger partial charge is 0.344 e. The number of likely N-dealkylation sites (tertiary alicyclic amines) is 1. The van der Waals surface area contributed by atoms with Crippen LogP contribution in [0.2, 0.25) is 0 Å². The van der Waals surface area contributed by atoms with Crippen LogP contribution in [0.25, 0.3) is 0 Å². The maximum atomic E-state index is 12.5. The maximum absolute atomic E-state index is 12.5. The number of hydrogen-bond acceptors (Lipinski definition) is 4. The van der Waals surface area contributed by atoms with Gasteiger partial charge in [0.15, 0.2) is 0 Å². The molecular weight excluding hydrogens is 302 g/mol. The van der Waals surface area contributed by atoms with Crippen LogP contribution in [0.1, 0.15) is 38.4 Å². The molecule has 0 saturated carbocycles. The summed E-state index contributed by atoms with van der Waals surface area (Å²) in [5.74, 6) is 0.667. The zero-order valence-electron chi connectivity index (χ0n) is 15.9. The van der Waals surface area contributed by atoms with Gasteiger partial charge in [0.2, 0.25) is 5.91 Å². The lowest BCUT2D eigenvalue weighted by atomic mass is 9.87. The number of imidazole rings is 1. The highest BCUT2D eigenvalue weighted by atomic mass is 16.2. The molecule has 0 bridgehead atoms. The van der Waals surface area contributed by atoms with Crippen LogP contribution in [0.15, 0.2) is 12.5 Å². The molecule has 0 spiro atoms. The zero-order chi connectivity index (χ0) is 17.7. The van der Waals surface area contributed by atoms with Gasteiger partial charge in [-0.2, -0.15) is 0 Å². The first-order valence-electron chi connectivity index (χ1n) is 9.10. The van der Waals surface area contributed by atoms with Gasteiger partial charge in [0, 0.05) is 26.8 Å². The minimum atomic E-state index is 0.218. The van der Waals surface area contributed by atoms with E-state index in [1.54, 1.807) is 0 Å². The highest BCUT2D eigenvalue weighted by molar-refractivity contribution is 5.78. The number of nitrogens with zero attached hydrogens (tertiary/aromatic N) is 5. The summed E-state index contributed by atoms with van der Waals surface area (Å²) in [5, 5.41) is 0. The summed E-state index contributed by atoms with van der Waals surface area (Å²) < 4.78 is 2.11. The summed E-state index contributed by atoms with van der Waals surface area (Å²) >= 11 is 0. The predicted octanol–water partition coefficient (Wildman–Crippen LogP) is 1.60. The molecule has 1 aliphatic rings. The number of rotatable bonds is 7. The van der Waals surface area contributed by atoms with Crippen molar-refractivity contribution < 1.29 is 4.79 Å². The second-order valence-corrected chi connectivity index (χ2v) is 6.99. The molecule has 2 atom stereocenters. The Labute approximate surface area is 146 Å². The van der Waals surface area contributed by atoms with Crippen molar-refractivity contribution in [2.24, 2.45) is 13.0 Å². The van der Waals surface area contributed by atoms with E-state index in [1.807, 2.05) is 24.5 Å². The van der Waals surface area contributed by atoms with Crippen molar-refractivity contribution in [2.45, 2.75) is 32.7 Å². The molecule has 136 valence electrons. The third kappa shape index (κ3) is 4.36. The number of carbonyl (C=O) groups is 1. The van der Waals surface area contributed by atoms with Crippen molar-refractivity contribution in [3.63, 3.8) is 0 Å². The van der Waals surface area contributed by atoms with Gasteiger partial charge in [0.1, 0.15) is 0 Å². The summed E-state index contributed by atoms with van der Waals surface area (Å²) in [6.45, 7) is 8.46. The van der Waals surface area contributed by atoms with Crippen molar-refractivity contribution in [1.82, 2.24) is 24.3 Å². The monoisotopic (exact) mass is 335 g/mol. The Morgan fingerprint density at radius 1 is 1.33 bits per heavy atom. The molecule has 1 saturated heterocycles. The lowest BCUT2D eigenvalue weighted by Gasteiger charge is -2.41. The smallest absolute Gasteiger partial charge is 0.236 e. The molecule has 0 N–H and O–H groups in total. The number of carbonyl (C=O) groups excluding carboxylic acids is 1. The van der Waals surface area contributed by atoms with Crippen LogP contribution in [0.5, 0.6) is 0 Å². The maximum Gasteiger partial charge on any atom is 0.236 e. The third-order valence-corrected chi connectivity index (χ3v) is 5.35. The van der Waals surface area contributed by atoms with Crippen LogP contribution >= 0.6 is 0 Å². The first-order valence-corrected chi connectivity index (χ1v) is 9.10. The normalized spacial score (nSPS) is 22.1. The molecule has 0 radical (unpaired) electrons. The quantitative estimate of drug-likeness (QED) is 0.759. The van der Waals surface area contributed by atoms with Gasteiger partial charge in [-0.1, -0.05) is 13.8 Å². The Morgan fingerprint density at radius 2 is 2.04 bits per heavy atom. The predicted molar refractivity (Wildman–Crippen MR) is 96.7 cm³/mol. The highest BCUT2D eigenvalue weighted by Gasteiger charge is 2.33. The average Bonchev–Trinajstić information content (AvgIpc) is 2.98. The second-order valence-electron chi connectivity index (χ2n) is 6.99. The first kappa shape index (κ1) is 18.9. The van der Waals surface area contributed by atoms with Crippen LogP contribution in [0, 0.1) is 5.92 Å². The minimum absolute atomic E-state index is 0.218. The molecule has 24 heavy (non-hydrogen) atoms. The van der Waals surface area contributed by atoms with Crippen molar-refractivity contribution in [2.75, 3.05) is 46.8 Å². The van der Waals surface area contributed by atoms with E-state index >= 15 is 0 Å². The number of likely N-dealkylation sites (N-methyl/N-ethyl adjacent to an activating group) is 2. The SMILES string of the molecule is CCN(CC)CC(=O)N(C)C[C@@H]1CCCN(C)[C@H]1c1cncn1C. The molecule has 0 unspecified atom stereocenters. The molecular formula is C18H33N5O. The highest BCUT2D eigenvalue weighted by Crippen LogP contribution is 2.35.